The quantitative estimate of drug-likeness (QED) is 0.670. The van der Waals surface area contributed by atoms with Gasteiger partial charge in [0.2, 0.25) is 0 Å². The van der Waals surface area contributed by atoms with Crippen LogP contribution in [-0.2, 0) is 4.74 Å². The number of hydrogen-bond acceptors (Lipinski definition) is 4. The summed E-state index contributed by atoms with van der Waals surface area (Å²) in [6, 6.07) is -0.216. The van der Waals surface area contributed by atoms with E-state index in [2.05, 4.69) is 24.3 Å². The first-order chi connectivity index (χ1) is 10.1. The van der Waals surface area contributed by atoms with E-state index in [0.29, 0.717) is 5.41 Å². The van der Waals surface area contributed by atoms with Crippen molar-refractivity contribution in [1.82, 2.24) is 5.32 Å². The minimum atomic E-state index is -0.216. The third-order valence-electron chi connectivity index (χ3n) is 4.70. The summed E-state index contributed by atoms with van der Waals surface area (Å²) in [5, 5.41) is 6.42. The lowest BCUT2D eigenvalue weighted by molar-refractivity contribution is 0.0375. The summed E-state index contributed by atoms with van der Waals surface area (Å²) in [5.41, 5.74) is 0.651. The Kier molecular flexibility index (Phi) is 11.8. The maximum Gasteiger partial charge on any atom is 0.115 e. The maximum atomic E-state index is 10.1. The van der Waals surface area contributed by atoms with Crippen molar-refractivity contribution in [2.75, 3.05) is 19.7 Å². The van der Waals surface area contributed by atoms with Gasteiger partial charge in [0.25, 0.3) is 0 Å². The minimum Gasteiger partial charge on any atom is -0.376 e. The van der Waals surface area contributed by atoms with E-state index in [4.69, 9.17) is 4.74 Å². The van der Waals surface area contributed by atoms with Gasteiger partial charge < -0.3 is 10.1 Å². The molecular weight excluding hydrogens is 264 g/mol. The molecule has 4 heteroatoms. The maximum absolute atomic E-state index is 10.1. The molecule has 0 radical (unpaired) electrons. The summed E-state index contributed by atoms with van der Waals surface area (Å²) in [6.07, 6.45) is 7.35. The lowest BCUT2D eigenvalue weighted by atomic mass is 9.76. The predicted molar refractivity (Wildman–Crippen MR) is 90.7 cm³/mol. The Morgan fingerprint density at radius 2 is 1.90 bits per heavy atom. The molecule has 0 aromatic rings. The van der Waals surface area contributed by atoms with Crippen LogP contribution in [0.25, 0.3) is 0 Å². The number of nitrogens with zero attached hydrogens (tertiary/aromatic N) is 1. The van der Waals surface area contributed by atoms with Crippen molar-refractivity contribution in [3.05, 3.63) is 4.91 Å². The standard InChI is InChI=1S/C9H19N.C8H17NO2/c1-3-9(4-2)6-5-7-10-8-9;1-4-6-11-8(5-2)7(3)9-10/h10H,3-8H2,1-2H3;7-8H,4-6H2,1-3H3. The Hall–Kier alpha value is -0.480. The van der Waals surface area contributed by atoms with E-state index in [0.717, 1.165) is 19.4 Å². The van der Waals surface area contributed by atoms with E-state index in [1.54, 1.807) is 6.92 Å². The van der Waals surface area contributed by atoms with Crippen LogP contribution in [-0.4, -0.2) is 31.8 Å². The summed E-state index contributed by atoms with van der Waals surface area (Å²) in [4.78, 5) is 10.1. The van der Waals surface area contributed by atoms with Gasteiger partial charge in [0.15, 0.2) is 0 Å². The number of nitroso groups, excluding NO2 is 1. The highest BCUT2D eigenvalue weighted by molar-refractivity contribution is 4.82. The van der Waals surface area contributed by atoms with E-state index in [1.165, 1.54) is 38.8 Å². The molecule has 1 aliphatic heterocycles. The zero-order valence-corrected chi connectivity index (χ0v) is 14.8. The molecule has 126 valence electrons. The summed E-state index contributed by atoms with van der Waals surface area (Å²) < 4.78 is 5.40. The van der Waals surface area contributed by atoms with Crippen LogP contribution in [0.5, 0.6) is 0 Å². The van der Waals surface area contributed by atoms with Crippen LogP contribution in [0.2, 0.25) is 0 Å². The Labute approximate surface area is 131 Å². The fourth-order valence-electron chi connectivity index (χ4n) is 2.82. The number of rotatable bonds is 8. The Bertz CT molecular complexity index is 247. The zero-order chi connectivity index (χ0) is 16.1. The third-order valence-corrected chi connectivity index (χ3v) is 4.70. The molecule has 0 amide bonds. The van der Waals surface area contributed by atoms with Crippen molar-refractivity contribution >= 4 is 0 Å². The molecule has 1 aliphatic rings. The van der Waals surface area contributed by atoms with Gasteiger partial charge >= 0.3 is 0 Å². The Morgan fingerprint density at radius 3 is 2.24 bits per heavy atom. The molecule has 0 bridgehead atoms. The van der Waals surface area contributed by atoms with Gasteiger partial charge in [-0.2, -0.15) is 4.91 Å². The molecule has 1 heterocycles. The van der Waals surface area contributed by atoms with Crippen LogP contribution in [0.15, 0.2) is 5.18 Å². The van der Waals surface area contributed by atoms with Crippen molar-refractivity contribution in [3.8, 4) is 0 Å². The molecule has 2 unspecified atom stereocenters. The minimum absolute atomic E-state index is 0.00690. The monoisotopic (exact) mass is 300 g/mol. The molecule has 4 nitrogen and oxygen atoms in total. The molecule has 0 aromatic carbocycles. The van der Waals surface area contributed by atoms with Gasteiger partial charge in [0, 0.05) is 13.2 Å². The van der Waals surface area contributed by atoms with Crippen molar-refractivity contribution in [3.63, 3.8) is 0 Å². The highest BCUT2D eigenvalue weighted by Crippen LogP contribution is 2.32. The van der Waals surface area contributed by atoms with Crippen LogP contribution in [0.1, 0.15) is 73.1 Å². The van der Waals surface area contributed by atoms with Crippen molar-refractivity contribution < 1.29 is 4.74 Å². The smallest absolute Gasteiger partial charge is 0.115 e. The van der Waals surface area contributed by atoms with Crippen LogP contribution in [0.4, 0.5) is 0 Å². The van der Waals surface area contributed by atoms with Gasteiger partial charge in [-0.15, -0.1) is 0 Å². The highest BCUT2D eigenvalue weighted by Gasteiger charge is 2.27. The molecule has 1 N–H and O–H groups in total. The van der Waals surface area contributed by atoms with Crippen molar-refractivity contribution in [1.29, 1.82) is 0 Å². The molecule has 1 saturated heterocycles. The molecule has 0 aliphatic carbocycles. The average molecular weight is 300 g/mol. The van der Waals surface area contributed by atoms with Gasteiger partial charge in [-0.1, -0.05) is 32.9 Å². The van der Waals surface area contributed by atoms with Crippen molar-refractivity contribution in [2.45, 2.75) is 85.3 Å². The Balaban J connectivity index is 0.000000382. The fourth-order valence-corrected chi connectivity index (χ4v) is 2.82. The molecule has 2 atom stereocenters. The second-order valence-electron chi connectivity index (χ2n) is 6.15. The van der Waals surface area contributed by atoms with E-state index in [-0.39, 0.29) is 12.1 Å². The van der Waals surface area contributed by atoms with E-state index in [1.807, 2.05) is 13.8 Å². The number of ether oxygens (including phenoxy) is 1. The lowest BCUT2D eigenvalue weighted by Gasteiger charge is -2.35. The summed E-state index contributed by atoms with van der Waals surface area (Å²) >= 11 is 0. The van der Waals surface area contributed by atoms with Gasteiger partial charge in [0.05, 0.1) is 6.10 Å². The molecule has 1 fully saturated rings. The van der Waals surface area contributed by atoms with Crippen LogP contribution < -0.4 is 5.32 Å². The first kappa shape index (κ1) is 20.5. The van der Waals surface area contributed by atoms with Gasteiger partial charge in [0.1, 0.15) is 6.04 Å². The SMILES string of the molecule is CCC1(CC)CCCNC1.CCCOC(CC)C(C)N=O. The zero-order valence-electron chi connectivity index (χ0n) is 14.8. The van der Waals surface area contributed by atoms with Crippen LogP contribution in [0.3, 0.4) is 0 Å². The fraction of sp³-hybridized carbons (Fsp3) is 1.00. The van der Waals surface area contributed by atoms with E-state index in [9.17, 15) is 4.91 Å². The molecule has 21 heavy (non-hydrogen) atoms. The second-order valence-corrected chi connectivity index (χ2v) is 6.15. The molecule has 1 rings (SSSR count). The molecule has 0 aromatic heterocycles. The summed E-state index contributed by atoms with van der Waals surface area (Å²) in [5.74, 6) is 0. The van der Waals surface area contributed by atoms with Gasteiger partial charge in [-0.25, -0.2) is 0 Å². The summed E-state index contributed by atoms with van der Waals surface area (Å²) in [6.45, 7) is 13.7. The predicted octanol–water partition coefficient (Wildman–Crippen LogP) is 4.52. The highest BCUT2D eigenvalue weighted by atomic mass is 16.5. The first-order valence-corrected chi connectivity index (χ1v) is 8.73. The Morgan fingerprint density at radius 1 is 1.24 bits per heavy atom. The average Bonchev–Trinajstić information content (AvgIpc) is 2.56. The van der Waals surface area contributed by atoms with Crippen molar-refractivity contribution in [2.24, 2.45) is 10.6 Å². The lowest BCUT2D eigenvalue weighted by Crippen LogP contribution is -2.39. The number of nitrogens with one attached hydrogen (secondary N) is 1. The summed E-state index contributed by atoms with van der Waals surface area (Å²) in [7, 11) is 0. The first-order valence-electron chi connectivity index (χ1n) is 8.73. The molecule has 0 spiro atoms. The van der Waals surface area contributed by atoms with Gasteiger partial charge in [-0.05, 0) is 57.4 Å². The molecular formula is C17H36N2O2. The largest absolute Gasteiger partial charge is 0.376 e. The van der Waals surface area contributed by atoms with E-state index < -0.39 is 0 Å². The number of hydrogen-bond donors (Lipinski definition) is 1. The third kappa shape index (κ3) is 7.91. The molecule has 0 saturated carbocycles. The topological polar surface area (TPSA) is 50.7 Å². The normalized spacial score (nSPS) is 20.0. The van der Waals surface area contributed by atoms with E-state index >= 15 is 0 Å². The van der Waals surface area contributed by atoms with Gasteiger partial charge in [-0.3, -0.25) is 0 Å². The number of piperidine rings is 1. The van der Waals surface area contributed by atoms with Crippen LogP contribution in [0, 0.1) is 10.3 Å². The second kappa shape index (κ2) is 12.1. The van der Waals surface area contributed by atoms with Crippen LogP contribution >= 0.6 is 0 Å².